The van der Waals surface area contributed by atoms with Crippen molar-refractivity contribution >= 4 is 27.7 Å². The van der Waals surface area contributed by atoms with Crippen molar-refractivity contribution in [2.45, 2.75) is 6.42 Å². The monoisotopic (exact) mass is 371 g/mol. The summed E-state index contributed by atoms with van der Waals surface area (Å²) in [6.07, 6.45) is 4.55. The fourth-order valence-electron chi connectivity index (χ4n) is 3.34. The lowest BCUT2D eigenvalue weighted by Crippen LogP contribution is -2.25. The van der Waals surface area contributed by atoms with Crippen LogP contribution in [0.1, 0.15) is 16.2 Å². The van der Waals surface area contributed by atoms with Crippen LogP contribution >= 0.6 is 0 Å². The number of benzene rings is 2. The number of carbonyl (C=O) groups excluding carboxylic acids is 1. The second-order valence-corrected chi connectivity index (χ2v) is 6.57. The molecule has 138 valence electrons. The van der Waals surface area contributed by atoms with Crippen LogP contribution in [0.15, 0.2) is 65.4 Å². The second-order valence-electron chi connectivity index (χ2n) is 6.57. The number of para-hydroxylation sites is 1. The molecule has 3 aromatic heterocycles. The van der Waals surface area contributed by atoms with Crippen LogP contribution in [-0.4, -0.2) is 32.6 Å². The Morgan fingerprint density at radius 1 is 1.07 bits per heavy atom. The van der Waals surface area contributed by atoms with Gasteiger partial charge in [0.1, 0.15) is 0 Å². The van der Waals surface area contributed by atoms with Crippen LogP contribution in [0.4, 0.5) is 0 Å². The van der Waals surface area contributed by atoms with Gasteiger partial charge in [-0.3, -0.25) is 4.79 Å². The minimum atomic E-state index is -0.375. The van der Waals surface area contributed by atoms with Crippen molar-refractivity contribution in [1.29, 1.82) is 0 Å². The van der Waals surface area contributed by atoms with Gasteiger partial charge in [0.15, 0.2) is 0 Å². The number of aromatic amines is 2. The number of nitrogens with one attached hydrogen (secondary N) is 3. The van der Waals surface area contributed by atoms with Crippen molar-refractivity contribution in [2.75, 3.05) is 6.54 Å². The minimum absolute atomic E-state index is 0.0412. The predicted molar refractivity (Wildman–Crippen MR) is 106 cm³/mol. The van der Waals surface area contributed by atoms with E-state index in [0.717, 1.165) is 32.9 Å². The quantitative estimate of drug-likeness (QED) is 0.439. The number of hydrogen-bond acceptors (Lipinski definition) is 4. The molecule has 3 heterocycles. The summed E-state index contributed by atoms with van der Waals surface area (Å²) in [5.74, 6) is -0.0293. The highest BCUT2D eigenvalue weighted by molar-refractivity contribution is 5.90. The van der Waals surface area contributed by atoms with Gasteiger partial charge in [-0.25, -0.2) is 0 Å². The Bertz CT molecular complexity index is 1280. The molecule has 5 rings (SSSR count). The minimum Gasteiger partial charge on any atom is -0.361 e. The third-order valence-electron chi connectivity index (χ3n) is 4.79. The molecule has 2 aromatic carbocycles. The maximum Gasteiger partial charge on any atom is 0.316 e. The maximum atomic E-state index is 12.3. The summed E-state index contributed by atoms with van der Waals surface area (Å²) in [6.45, 7) is 0.479. The molecule has 0 aliphatic carbocycles. The normalized spacial score (nSPS) is 11.3. The molecule has 0 aliphatic heterocycles. The number of hydrogen-bond donors (Lipinski definition) is 3. The summed E-state index contributed by atoms with van der Waals surface area (Å²) in [4.78, 5) is 22.9. The number of fused-ring (bicyclic) bond motifs is 2. The van der Waals surface area contributed by atoms with Crippen molar-refractivity contribution in [3.8, 4) is 11.4 Å². The third-order valence-corrected chi connectivity index (χ3v) is 4.79. The summed E-state index contributed by atoms with van der Waals surface area (Å²) in [5.41, 5.74) is 4.01. The highest BCUT2D eigenvalue weighted by Crippen LogP contribution is 2.21. The number of H-pyrrole nitrogens is 2. The van der Waals surface area contributed by atoms with Gasteiger partial charge >= 0.3 is 11.8 Å². The average Bonchev–Trinajstić information content (AvgIpc) is 3.46. The molecule has 1 amide bonds. The van der Waals surface area contributed by atoms with E-state index in [4.69, 9.17) is 4.52 Å². The zero-order chi connectivity index (χ0) is 18.9. The van der Waals surface area contributed by atoms with Crippen LogP contribution in [0, 0.1) is 0 Å². The average molecular weight is 371 g/mol. The molecule has 0 saturated heterocycles. The van der Waals surface area contributed by atoms with E-state index >= 15 is 0 Å². The first-order valence-electron chi connectivity index (χ1n) is 9.02. The smallest absolute Gasteiger partial charge is 0.316 e. The summed E-state index contributed by atoms with van der Waals surface area (Å²) >= 11 is 0. The predicted octanol–water partition coefficient (Wildman–Crippen LogP) is 3.67. The van der Waals surface area contributed by atoms with Crippen LogP contribution in [0.3, 0.4) is 0 Å². The maximum absolute atomic E-state index is 12.3. The SMILES string of the molecule is O=C(NCCc1c[nH]c2ccccc12)c1nc(-c2ccc3cc[nH]c3c2)no1. The highest BCUT2D eigenvalue weighted by Gasteiger charge is 2.16. The van der Waals surface area contributed by atoms with E-state index in [1.165, 1.54) is 0 Å². The van der Waals surface area contributed by atoms with Gasteiger partial charge in [0.05, 0.1) is 0 Å². The van der Waals surface area contributed by atoms with Crippen LogP contribution in [-0.2, 0) is 6.42 Å². The number of nitrogens with zero attached hydrogens (tertiary/aromatic N) is 2. The van der Waals surface area contributed by atoms with Gasteiger partial charge in [-0.1, -0.05) is 35.5 Å². The largest absolute Gasteiger partial charge is 0.361 e. The Balaban J connectivity index is 1.26. The molecule has 0 unspecified atom stereocenters. The van der Waals surface area contributed by atoms with Gasteiger partial charge in [-0.05, 0) is 35.6 Å². The Hall–Kier alpha value is -3.87. The molecular weight excluding hydrogens is 354 g/mol. The molecular formula is C21H17N5O2. The van der Waals surface area contributed by atoms with Crippen LogP contribution in [0.25, 0.3) is 33.2 Å². The van der Waals surface area contributed by atoms with E-state index in [1.807, 2.05) is 54.9 Å². The van der Waals surface area contributed by atoms with E-state index in [-0.39, 0.29) is 11.8 Å². The van der Waals surface area contributed by atoms with Crippen molar-refractivity contribution < 1.29 is 9.32 Å². The fraction of sp³-hybridized carbons (Fsp3) is 0.0952. The summed E-state index contributed by atoms with van der Waals surface area (Å²) in [6, 6.07) is 15.9. The van der Waals surface area contributed by atoms with E-state index in [2.05, 4.69) is 31.5 Å². The molecule has 0 saturated carbocycles. The summed E-state index contributed by atoms with van der Waals surface area (Å²) in [5, 5.41) is 9.03. The molecule has 0 spiro atoms. The first kappa shape index (κ1) is 16.3. The zero-order valence-corrected chi connectivity index (χ0v) is 14.9. The molecule has 0 fully saturated rings. The molecule has 0 atom stereocenters. The molecule has 3 N–H and O–H groups in total. The molecule has 0 aliphatic rings. The van der Waals surface area contributed by atoms with E-state index < -0.39 is 0 Å². The number of rotatable bonds is 5. The van der Waals surface area contributed by atoms with Crippen LogP contribution in [0.2, 0.25) is 0 Å². The van der Waals surface area contributed by atoms with Gasteiger partial charge in [0, 0.05) is 40.9 Å². The fourth-order valence-corrected chi connectivity index (χ4v) is 3.34. The summed E-state index contributed by atoms with van der Waals surface area (Å²) in [7, 11) is 0. The van der Waals surface area contributed by atoms with Gasteiger partial charge in [0.25, 0.3) is 0 Å². The Labute approximate surface area is 159 Å². The Morgan fingerprint density at radius 2 is 2.00 bits per heavy atom. The standard InChI is InChI=1S/C21H17N5O2/c27-20(23-10-8-15-12-24-17-4-2-1-3-16(15)17)21-25-19(26-28-21)14-6-5-13-7-9-22-18(13)11-14/h1-7,9,11-12,22,24H,8,10H2,(H,23,27). The number of aromatic nitrogens is 4. The zero-order valence-electron chi connectivity index (χ0n) is 14.9. The first-order valence-corrected chi connectivity index (χ1v) is 9.02. The lowest BCUT2D eigenvalue weighted by Gasteiger charge is -2.01. The molecule has 0 bridgehead atoms. The second kappa shape index (κ2) is 6.70. The van der Waals surface area contributed by atoms with Gasteiger partial charge in [-0.2, -0.15) is 4.98 Å². The van der Waals surface area contributed by atoms with Gasteiger partial charge < -0.3 is 19.8 Å². The van der Waals surface area contributed by atoms with Crippen molar-refractivity contribution in [1.82, 2.24) is 25.4 Å². The number of carbonyl (C=O) groups is 1. The van der Waals surface area contributed by atoms with Crippen molar-refractivity contribution in [3.05, 3.63) is 72.4 Å². The van der Waals surface area contributed by atoms with Gasteiger partial charge in [-0.15, -0.1) is 0 Å². The number of amides is 1. The van der Waals surface area contributed by atoms with Crippen molar-refractivity contribution in [2.24, 2.45) is 0 Å². The molecule has 0 radical (unpaired) electrons. The highest BCUT2D eigenvalue weighted by atomic mass is 16.5. The Kier molecular flexibility index (Phi) is 3.90. The topological polar surface area (TPSA) is 99.6 Å². The van der Waals surface area contributed by atoms with Gasteiger partial charge in [0.2, 0.25) is 5.82 Å². The molecule has 28 heavy (non-hydrogen) atoms. The molecule has 5 aromatic rings. The van der Waals surface area contributed by atoms with E-state index in [1.54, 1.807) is 0 Å². The molecule has 7 nitrogen and oxygen atoms in total. The van der Waals surface area contributed by atoms with Crippen molar-refractivity contribution in [3.63, 3.8) is 0 Å². The van der Waals surface area contributed by atoms with Crippen LogP contribution in [0.5, 0.6) is 0 Å². The lowest BCUT2D eigenvalue weighted by atomic mass is 10.1. The van der Waals surface area contributed by atoms with E-state index in [9.17, 15) is 4.79 Å². The first-order chi connectivity index (χ1) is 13.8. The Morgan fingerprint density at radius 3 is 2.96 bits per heavy atom. The lowest BCUT2D eigenvalue weighted by molar-refractivity contribution is 0.0910. The molecule has 7 heteroatoms. The summed E-state index contributed by atoms with van der Waals surface area (Å²) < 4.78 is 5.14. The van der Waals surface area contributed by atoms with E-state index in [0.29, 0.717) is 18.8 Å². The third kappa shape index (κ3) is 2.92. The van der Waals surface area contributed by atoms with Crippen LogP contribution < -0.4 is 5.32 Å².